The number of pyridine rings is 1. The summed E-state index contributed by atoms with van der Waals surface area (Å²) in [4.78, 5) is 9.82. The summed E-state index contributed by atoms with van der Waals surface area (Å²) in [5, 5.41) is 0.782. The van der Waals surface area contributed by atoms with E-state index in [1.807, 2.05) is 25.1 Å². The molecule has 0 aliphatic rings. The smallest absolute Gasteiger partial charge is 0.265 e. The Morgan fingerprint density at radius 3 is 2.60 bits per heavy atom. The first-order valence-corrected chi connectivity index (χ1v) is 11.3. The first kappa shape index (κ1) is 20.1. The molecule has 2 aromatic heterocycles. The summed E-state index contributed by atoms with van der Waals surface area (Å²) in [6.45, 7) is 1.86. The van der Waals surface area contributed by atoms with Crippen LogP contribution >= 0.6 is 11.3 Å². The van der Waals surface area contributed by atoms with Gasteiger partial charge in [-0.2, -0.15) is 0 Å². The highest BCUT2D eigenvalue weighted by molar-refractivity contribution is 7.92. The van der Waals surface area contributed by atoms with Crippen LogP contribution in [0, 0.1) is 6.92 Å². The van der Waals surface area contributed by atoms with Crippen molar-refractivity contribution in [3.63, 3.8) is 0 Å². The van der Waals surface area contributed by atoms with E-state index in [9.17, 15) is 8.42 Å². The highest BCUT2D eigenvalue weighted by Crippen LogP contribution is 2.35. The summed E-state index contributed by atoms with van der Waals surface area (Å²) in [7, 11) is -0.962. The molecule has 0 fully saturated rings. The van der Waals surface area contributed by atoms with Gasteiger partial charge in [0.25, 0.3) is 10.0 Å². The minimum atomic E-state index is -3.89. The minimum Gasteiger partial charge on any atom is -0.497 e. The molecule has 0 atom stereocenters. The van der Waals surface area contributed by atoms with Crippen molar-refractivity contribution >= 4 is 37.4 Å². The van der Waals surface area contributed by atoms with Gasteiger partial charge < -0.3 is 9.47 Å². The molecule has 2 heterocycles. The molecular weight excluding hydrogens is 422 g/mol. The Morgan fingerprint density at radius 2 is 1.87 bits per heavy atom. The average molecular weight is 442 g/mol. The van der Waals surface area contributed by atoms with Crippen LogP contribution in [-0.2, 0) is 10.0 Å². The molecule has 30 heavy (non-hydrogen) atoms. The number of methoxy groups -OCH3 is 2. The molecule has 0 spiro atoms. The number of benzene rings is 2. The molecule has 0 saturated heterocycles. The summed E-state index contributed by atoms with van der Waals surface area (Å²) in [5.74, 6) is 0.710. The summed E-state index contributed by atoms with van der Waals surface area (Å²) >= 11 is 1.46. The van der Waals surface area contributed by atoms with E-state index in [1.54, 1.807) is 24.4 Å². The average Bonchev–Trinajstić information content (AvgIpc) is 3.18. The number of ether oxygens (including phenoxy) is 2. The number of nitrogens with zero attached hydrogens (tertiary/aromatic N) is 2. The molecule has 2 aromatic carbocycles. The van der Waals surface area contributed by atoms with Gasteiger partial charge in [-0.25, -0.2) is 18.4 Å². The van der Waals surface area contributed by atoms with E-state index in [-0.39, 0.29) is 10.6 Å². The van der Waals surface area contributed by atoms with Crippen LogP contribution in [-0.4, -0.2) is 32.6 Å². The van der Waals surface area contributed by atoms with Crippen LogP contribution < -0.4 is 14.2 Å². The standard InChI is InChI=1S/C21H19N3O4S2/c1-13-15(20-23-17-8-5-11-22-21(17)29-20)6-4-7-16(13)24-30(25,26)19-10-9-14(27-2)12-18(19)28-3/h4-12,24H,1-3H3. The highest BCUT2D eigenvalue weighted by atomic mass is 32.2. The molecule has 4 aromatic rings. The fourth-order valence-corrected chi connectivity index (χ4v) is 5.32. The van der Waals surface area contributed by atoms with Crippen molar-refractivity contribution in [2.45, 2.75) is 11.8 Å². The minimum absolute atomic E-state index is 0.0276. The molecule has 154 valence electrons. The van der Waals surface area contributed by atoms with Gasteiger partial charge in [0.05, 0.1) is 19.9 Å². The van der Waals surface area contributed by atoms with Crippen LogP contribution in [0.15, 0.2) is 59.6 Å². The normalized spacial score (nSPS) is 11.4. The second-order valence-corrected chi connectivity index (χ2v) is 9.08. The molecule has 0 amide bonds. The summed E-state index contributed by atoms with van der Waals surface area (Å²) in [6.07, 6.45) is 1.73. The number of anilines is 1. The highest BCUT2D eigenvalue weighted by Gasteiger charge is 2.22. The fourth-order valence-electron chi connectivity index (χ4n) is 3.06. The number of fused-ring (bicyclic) bond motifs is 1. The Hall–Kier alpha value is -3.17. The van der Waals surface area contributed by atoms with E-state index in [0.717, 1.165) is 26.5 Å². The maximum atomic E-state index is 13.1. The zero-order valence-corrected chi connectivity index (χ0v) is 18.2. The maximum Gasteiger partial charge on any atom is 0.265 e. The van der Waals surface area contributed by atoms with Crippen molar-refractivity contribution in [3.8, 4) is 22.1 Å². The van der Waals surface area contributed by atoms with Gasteiger partial charge in [0.15, 0.2) is 0 Å². The van der Waals surface area contributed by atoms with Gasteiger partial charge in [0, 0.05) is 17.8 Å². The third kappa shape index (κ3) is 3.69. The predicted molar refractivity (Wildman–Crippen MR) is 118 cm³/mol. The van der Waals surface area contributed by atoms with Gasteiger partial charge in [0.1, 0.15) is 31.7 Å². The van der Waals surface area contributed by atoms with Crippen molar-refractivity contribution < 1.29 is 17.9 Å². The van der Waals surface area contributed by atoms with E-state index in [0.29, 0.717) is 11.4 Å². The zero-order chi connectivity index (χ0) is 21.3. The molecule has 0 radical (unpaired) electrons. The van der Waals surface area contributed by atoms with Crippen LogP contribution in [0.2, 0.25) is 0 Å². The summed E-state index contributed by atoms with van der Waals surface area (Å²) in [6, 6.07) is 13.7. The van der Waals surface area contributed by atoms with Gasteiger partial charge >= 0.3 is 0 Å². The number of hydrogen-bond acceptors (Lipinski definition) is 7. The van der Waals surface area contributed by atoms with Crippen molar-refractivity contribution in [2.24, 2.45) is 0 Å². The quantitative estimate of drug-likeness (QED) is 0.474. The van der Waals surface area contributed by atoms with Crippen LogP contribution in [0.5, 0.6) is 11.5 Å². The Balaban J connectivity index is 1.73. The molecule has 9 heteroatoms. The molecule has 0 aliphatic carbocycles. The van der Waals surface area contributed by atoms with E-state index in [4.69, 9.17) is 9.47 Å². The number of nitrogens with one attached hydrogen (secondary N) is 1. The molecule has 0 aliphatic heterocycles. The Morgan fingerprint density at radius 1 is 1.03 bits per heavy atom. The second-order valence-electron chi connectivity index (χ2n) is 6.45. The Kier molecular flexibility index (Phi) is 5.31. The van der Waals surface area contributed by atoms with Gasteiger partial charge in [-0.3, -0.25) is 4.72 Å². The lowest BCUT2D eigenvalue weighted by atomic mass is 10.1. The van der Waals surface area contributed by atoms with E-state index < -0.39 is 10.0 Å². The molecule has 0 saturated carbocycles. The van der Waals surface area contributed by atoms with Crippen molar-refractivity contribution in [1.82, 2.24) is 9.97 Å². The third-order valence-corrected chi connectivity index (χ3v) is 7.05. The fraction of sp³-hybridized carbons (Fsp3) is 0.143. The monoisotopic (exact) mass is 441 g/mol. The van der Waals surface area contributed by atoms with Crippen molar-refractivity contribution in [2.75, 3.05) is 18.9 Å². The predicted octanol–water partition coefficient (Wildman–Crippen LogP) is 4.48. The van der Waals surface area contributed by atoms with Crippen molar-refractivity contribution in [3.05, 3.63) is 60.3 Å². The number of hydrogen-bond donors (Lipinski definition) is 1. The molecule has 1 N–H and O–H groups in total. The van der Waals surface area contributed by atoms with Crippen LogP contribution in [0.1, 0.15) is 5.56 Å². The largest absolute Gasteiger partial charge is 0.497 e. The zero-order valence-electron chi connectivity index (χ0n) is 16.5. The van der Waals surface area contributed by atoms with E-state index in [1.165, 1.54) is 37.7 Å². The van der Waals surface area contributed by atoms with Gasteiger partial charge in [-0.15, -0.1) is 0 Å². The molecule has 0 bridgehead atoms. The van der Waals surface area contributed by atoms with E-state index >= 15 is 0 Å². The second kappa shape index (κ2) is 7.92. The lowest BCUT2D eigenvalue weighted by Crippen LogP contribution is -2.15. The van der Waals surface area contributed by atoms with E-state index in [2.05, 4.69) is 14.7 Å². The number of sulfonamides is 1. The Bertz CT molecular complexity index is 1300. The topological polar surface area (TPSA) is 90.4 Å². The molecule has 0 unspecified atom stereocenters. The SMILES string of the molecule is COc1ccc(S(=O)(=O)Nc2cccc(-c3nc4cccnc4s3)c2C)c(OC)c1. The summed E-state index contributed by atoms with van der Waals surface area (Å²) < 4.78 is 39.2. The first-order chi connectivity index (χ1) is 14.4. The first-order valence-electron chi connectivity index (χ1n) is 8.99. The lowest BCUT2D eigenvalue weighted by molar-refractivity contribution is 0.386. The number of rotatable bonds is 6. The van der Waals surface area contributed by atoms with Crippen molar-refractivity contribution in [1.29, 1.82) is 0 Å². The third-order valence-electron chi connectivity index (χ3n) is 4.64. The van der Waals surface area contributed by atoms with Gasteiger partial charge in [-0.1, -0.05) is 23.5 Å². The Labute approximate surface area is 178 Å². The molecule has 7 nitrogen and oxygen atoms in total. The molecule has 4 rings (SSSR count). The lowest BCUT2D eigenvalue weighted by Gasteiger charge is -2.15. The van der Waals surface area contributed by atoms with Crippen LogP contribution in [0.3, 0.4) is 0 Å². The summed E-state index contributed by atoms with van der Waals surface area (Å²) in [5.41, 5.74) is 2.90. The van der Waals surface area contributed by atoms with Gasteiger partial charge in [-0.05, 0) is 42.8 Å². The molecular formula is C21H19N3O4S2. The van der Waals surface area contributed by atoms with Gasteiger partial charge in [0.2, 0.25) is 0 Å². The number of thiazole rings is 1. The maximum absolute atomic E-state index is 13.1. The number of aromatic nitrogens is 2. The van der Waals surface area contributed by atoms with Crippen LogP contribution in [0.25, 0.3) is 20.9 Å². The van der Waals surface area contributed by atoms with Crippen LogP contribution in [0.4, 0.5) is 5.69 Å².